The number of carboxylic acid groups (broad SMARTS) is 1. The Hall–Kier alpha value is -3.31. The Morgan fingerprint density at radius 2 is 1.89 bits per heavy atom. The summed E-state index contributed by atoms with van der Waals surface area (Å²) in [6.45, 7) is 3.86. The molecule has 1 aromatic carbocycles. The number of alkyl halides is 3. The number of hydrogen-bond acceptors (Lipinski definition) is 7. The minimum atomic E-state index is -4.55. The van der Waals surface area contributed by atoms with Crippen LogP contribution in [0, 0.1) is 0 Å². The number of rotatable bonds is 8. The van der Waals surface area contributed by atoms with Crippen molar-refractivity contribution in [1.82, 2.24) is 9.97 Å². The first-order valence-electron chi connectivity index (χ1n) is 12.3. The average Bonchev–Trinajstić information content (AvgIpc) is 3.47. The number of carboxylic acids is 1. The molecule has 2 saturated heterocycles. The Balaban J connectivity index is 1.33. The molecule has 7 nitrogen and oxygen atoms in total. The molecule has 2 aliphatic heterocycles. The van der Waals surface area contributed by atoms with E-state index >= 15 is 0 Å². The van der Waals surface area contributed by atoms with Gasteiger partial charge in [-0.15, -0.1) is 0 Å². The van der Waals surface area contributed by atoms with Crippen molar-refractivity contribution in [2.75, 3.05) is 10.0 Å². The number of aliphatic carboxylic acids is 1. The molecular formula is C27H27F3N4O3S. The van der Waals surface area contributed by atoms with Crippen LogP contribution in [0.25, 0.3) is 11.3 Å². The van der Waals surface area contributed by atoms with Crippen LogP contribution < -0.4 is 10.0 Å². The van der Waals surface area contributed by atoms with E-state index < -0.39 is 23.3 Å². The zero-order valence-electron chi connectivity index (χ0n) is 20.7. The Morgan fingerprint density at radius 1 is 1.11 bits per heavy atom. The zero-order chi connectivity index (χ0) is 27.1. The number of aromatic nitrogens is 2. The first-order chi connectivity index (χ1) is 18.1. The van der Waals surface area contributed by atoms with Crippen molar-refractivity contribution in [2.24, 2.45) is 0 Å². The topological polar surface area (TPSA) is 96.4 Å². The molecule has 2 bridgehead atoms. The van der Waals surface area contributed by atoms with Gasteiger partial charge in [0.1, 0.15) is 16.7 Å². The molecule has 0 aliphatic carbocycles. The summed E-state index contributed by atoms with van der Waals surface area (Å²) in [5, 5.41) is 13.4. The summed E-state index contributed by atoms with van der Waals surface area (Å²) < 4.78 is 50.3. The second-order valence-corrected chi connectivity index (χ2v) is 10.7. The lowest BCUT2D eigenvalue weighted by atomic mass is 9.85. The van der Waals surface area contributed by atoms with E-state index in [0.29, 0.717) is 35.7 Å². The Bertz CT molecular complexity index is 1350. The van der Waals surface area contributed by atoms with Gasteiger partial charge in [0.25, 0.3) is 0 Å². The van der Waals surface area contributed by atoms with Gasteiger partial charge in [-0.25, -0.2) is 14.8 Å². The molecule has 3 atom stereocenters. The number of halogens is 3. The highest BCUT2D eigenvalue weighted by Crippen LogP contribution is 2.45. The van der Waals surface area contributed by atoms with E-state index in [2.05, 4.69) is 20.0 Å². The molecule has 0 radical (unpaired) electrons. The minimum Gasteiger partial charge on any atom is -0.479 e. The lowest BCUT2D eigenvalue weighted by Crippen LogP contribution is -2.39. The third-order valence-corrected chi connectivity index (χ3v) is 7.70. The fourth-order valence-electron chi connectivity index (χ4n) is 5.10. The van der Waals surface area contributed by atoms with Crippen LogP contribution in [0.15, 0.2) is 59.6 Å². The number of anilines is 2. The first kappa shape index (κ1) is 26.3. The van der Waals surface area contributed by atoms with Crippen LogP contribution in [0.1, 0.15) is 50.2 Å². The lowest BCUT2D eigenvalue weighted by Gasteiger charge is -2.24. The van der Waals surface area contributed by atoms with Crippen LogP contribution in [0.2, 0.25) is 0 Å². The fraction of sp³-hybridized carbons (Fsp3) is 0.370. The molecule has 5 rings (SSSR count). The molecule has 3 aromatic rings. The van der Waals surface area contributed by atoms with Crippen LogP contribution in [0.4, 0.5) is 24.8 Å². The number of nitrogens with zero attached hydrogens (tertiary/aromatic N) is 2. The van der Waals surface area contributed by atoms with Gasteiger partial charge in [0.15, 0.2) is 5.60 Å². The predicted octanol–water partition coefficient (Wildman–Crippen LogP) is 6.59. The molecule has 2 aliphatic rings. The van der Waals surface area contributed by atoms with E-state index in [0.717, 1.165) is 23.6 Å². The molecule has 200 valence electrons. The molecular weight excluding hydrogens is 517 g/mol. The van der Waals surface area contributed by atoms with Crippen LogP contribution in [-0.2, 0) is 15.7 Å². The van der Waals surface area contributed by atoms with E-state index in [-0.39, 0.29) is 29.6 Å². The summed E-state index contributed by atoms with van der Waals surface area (Å²) in [6.07, 6.45) is -3.21. The summed E-state index contributed by atoms with van der Waals surface area (Å²) in [4.78, 5) is 20.6. The van der Waals surface area contributed by atoms with Gasteiger partial charge in [0, 0.05) is 23.9 Å². The number of hydrogen-bond donors (Lipinski definition) is 3. The van der Waals surface area contributed by atoms with E-state index in [4.69, 9.17) is 4.74 Å². The van der Waals surface area contributed by atoms with Crippen molar-refractivity contribution in [2.45, 2.75) is 68.0 Å². The average molecular weight is 545 g/mol. The van der Waals surface area contributed by atoms with Crippen LogP contribution >= 0.6 is 11.9 Å². The quantitative estimate of drug-likeness (QED) is 0.273. The highest BCUT2D eigenvalue weighted by Gasteiger charge is 2.57. The summed E-state index contributed by atoms with van der Waals surface area (Å²) in [7, 11) is 0. The first-order valence-corrected chi connectivity index (χ1v) is 13.1. The van der Waals surface area contributed by atoms with Crippen molar-refractivity contribution >= 4 is 29.6 Å². The molecule has 38 heavy (non-hydrogen) atoms. The predicted molar refractivity (Wildman–Crippen MR) is 139 cm³/mol. The lowest BCUT2D eigenvalue weighted by molar-refractivity contribution is -0.158. The number of nitrogens with one attached hydrogen (secondary N) is 2. The Morgan fingerprint density at radius 3 is 2.61 bits per heavy atom. The van der Waals surface area contributed by atoms with E-state index in [9.17, 15) is 23.1 Å². The molecule has 11 heteroatoms. The second-order valence-electron chi connectivity index (χ2n) is 9.85. The summed E-state index contributed by atoms with van der Waals surface area (Å²) >= 11 is 1.12. The van der Waals surface area contributed by atoms with Gasteiger partial charge in [-0.3, -0.25) is 0 Å². The smallest absolute Gasteiger partial charge is 0.418 e. The number of ether oxygens (including phenoxy) is 1. The standard InChI is InChI=1S/C27H27F3N4O3S/c1-15(2)16-6-3-4-7-17(16)24-18(27(28,29)30)10-11-22(33-24)34-38-23-9-5-8-21(32-23)31-19-14-26(25(35)36)13-12-20(19)37-26/h3-11,15,19-20H,12-14H2,1-2H3,(H,31,32)(H,33,34)(H,35,36). The van der Waals surface area contributed by atoms with Gasteiger partial charge < -0.3 is 19.9 Å². The minimum absolute atomic E-state index is 0.0189. The van der Waals surface area contributed by atoms with Crippen LogP contribution in [0.3, 0.4) is 0 Å². The molecule has 4 heterocycles. The highest BCUT2D eigenvalue weighted by atomic mass is 32.2. The molecule has 3 unspecified atom stereocenters. The third kappa shape index (κ3) is 5.17. The molecule has 3 N–H and O–H groups in total. The summed E-state index contributed by atoms with van der Waals surface area (Å²) in [5.74, 6) is -0.0948. The Kier molecular flexibility index (Phi) is 6.99. The van der Waals surface area contributed by atoms with Crippen molar-refractivity contribution in [1.29, 1.82) is 0 Å². The maximum atomic E-state index is 13.9. The molecule has 0 saturated carbocycles. The highest BCUT2D eigenvalue weighted by molar-refractivity contribution is 8.00. The maximum Gasteiger partial charge on any atom is 0.418 e. The number of benzene rings is 1. The third-order valence-electron chi connectivity index (χ3n) is 6.95. The molecule has 0 spiro atoms. The second kappa shape index (κ2) is 10.1. The summed E-state index contributed by atoms with van der Waals surface area (Å²) in [6, 6.07) is 14.5. The van der Waals surface area contributed by atoms with Gasteiger partial charge in [0.05, 0.1) is 23.4 Å². The van der Waals surface area contributed by atoms with Crippen molar-refractivity contribution in [3.05, 3.63) is 65.7 Å². The van der Waals surface area contributed by atoms with Crippen molar-refractivity contribution in [3.63, 3.8) is 0 Å². The maximum absolute atomic E-state index is 13.9. The number of fused-ring (bicyclic) bond motifs is 2. The molecule has 2 fully saturated rings. The van der Waals surface area contributed by atoms with Gasteiger partial charge in [0.2, 0.25) is 0 Å². The van der Waals surface area contributed by atoms with E-state index in [1.807, 2.05) is 19.9 Å². The normalized spacial score (nSPS) is 22.6. The van der Waals surface area contributed by atoms with Crippen LogP contribution in [-0.4, -0.2) is 38.8 Å². The van der Waals surface area contributed by atoms with Gasteiger partial charge in [-0.2, -0.15) is 13.2 Å². The number of pyridine rings is 2. The Labute approximate surface area is 222 Å². The van der Waals surface area contributed by atoms with Crippen LogP contribution in [0.5, 0.6) is 0 Å². The van der Waals surface area contributed by atoms with Gasteiger partial charge >= 0.3 is 12.1 Å². The van der Waals surface area contributed by atoms with Crippen molar-refractivity contribution in [3.8, 4) is 11.3 Å². The van der Waals surface area contributed by atoms with E-state index in [1.54, 1.807) is 36.4 Å². The van der Waals surface area contributed by atoms with Gasteiger partial charge in [-0.05, 0) is 48.6 Å². The van der Waals surface area contributed by atoms with Crippen molar-refractivity contribution < 1.29 is 27.8 Å². The largest absolute Gasteiger partial charge is 0.479 e. The SMILES string of the molecule is CC(C)c1ccccc1-c1nc(NSc2cccc(NC3CC4(C(=O)O)CCC3O4)n2)ccc1C(F)(F)F. The molecule has 0 amide bonds. The molecule has 2 aromatic heterocycles. The zero-order valence-corrected chi connectivity index (χ0v) is 21.6. The monoisotopic (exact) mass is 544 g/mol. The van der Waals surface area contributed by atoms with Gasteiger partial charge in [-0.1, -0.05) is 44.2 Å². The fourth-order valence-corrected chi connectivity index (χ4v) is 5.72. The summed E-state index contributed by atoms with van der Waals surface area (Å²) in [5.41, 5.74) is -0.821. The van der Waals surface area contributed by atoms with E-state index in [1.165, 1.54) is 6.07 Å². The number of carbonyl (C=O) groups is 1.